The predicted octanol–water partition coefficient (Wildman–Crippen LogP) is 1.48. The zero-order chi connectivity index (χ0) is 10.1. The van der Waals surface area contributed by atoms with Gasteiger partial charge in [0.15, 0.2) is 0 Å². The van der Waals surface area contributed by atoms with Crippen molar-refractivity contribution in [1.82, 2.24) is 0 Å². The summed E-state index contributed by atoms with van der Waals surface area (Å²) in [5.41, 5.74) is 6.92. The van der Waals surface area contributed by atoms with Gasteiger partial charge < -0.3 is 16.2 Å². The van der Waals surface area contributed by atoms with E-state index in [9.17, 15) is 0 Å². The highest BCUT2D eigenvalue weighted by Crippen LogP contribution is 2.05. The minimum absolute atomic E-state index is 0.0849. The van der Waals surface area contributed by atoms with Crippen LogP contribution >= 0.6 is 11.6 Å². The molecule has 72 valence electrons. The van der Waals surface area contributed by atoms with E-state index in [1.165, 1.54) is 6.21 Å². The van der Waals surface area contributed by atoms with Crippen molar-refractivity contribution in [3.63, 3.8) is 0 Å². The molecule has 0 atom stereocenters. The minimum Gasteiger partial charge on any atom is -0.398 e. The van der Waals surface area contributed by atoms with Gasteiger partial charge in [0.2, 0.25) is 0 Å². The summed E-state index contributed by atoms with van der Waals surface area (Å²) in [6.45, 7) is 0.0849. The molecule has 0 amide bonds. The van der Waals surface area contributed by atoms with Gasteiger partial charge in [-0.1, -0.05) is 18.2 Å². The maximum atomic E-state index is 7.74. The standard InChI is InChI=1S/C7H8N2.C2H5ClO/c8-5-6-3-1-2-4-7(6)9;3-1-2-4/h1-5,8H,9H2;4H,1-2H2. The fraction of sp³-hybridized carbons (Fsp3) is 0.222. The Hall–Kier alpha value is -1.06. The normalized spacial score (nSPS) is 8.46. The molecule has 0 aliphatic rings. The van der Waals surface area contributed by atoms with Gasteiger partial charge in [-0.2, -0.15) is 0 Å². The molecule has 0 heterocycles. The van der Waals surface area contributed by atoms with Crippen LogP contribution < -0.4 is 5.73 Å². The van der Waals surface area contributed by atoms with Gasteiger partial charge in [0.1, 0.15) is 0 Å². The van der Waals surface area contributed by atoms with Crippen LogP contribution in [-0.4, -0.2) is 23.8 Å². The predicted molar refractivity (Wildman–Crippen MR) is 56.5 cm³/mol. The van der Waals surface area contributed by atoms with Crippen molar-refractivity contribution in [2.45, 2.75) is 0 Å². The third-order valence-electron chi connectivity index (χ3n) is 1.24. The summed E-state index contributed by atoms with van der Waals surface area (Å²) < 4.78 is 0. The molecule has 3 nitrogen and oxygen atoms in total. The quantitative estimate of drug-likeness (QED) is 0.385. The van der Waals surface area contributed by atoms with E-state index in [0.717, 1.165) is 5.56 Å². The smallest absolute Gasteiger partial charge is 0.0566 e. The molecule has 0 aliphatic carbocycles. The second kappa shape index (κ2) is 7.58. The molecule has 0 spiro atoms. The third kappa shape index (κ3) is 5.22. The molecular formula is C9H13ClN2O. The van der Waals surface area contributed by atoms with E-state index >= 15 is 0 Å². The Labute approximate surface area is 82.7 Å². The molecule has 1 aromatic carbocycles. The number of alkyl halides is 1. The van der Waals surface area contributed by atoms with E-state index in [1.807, 2.05) is 18.2 Å². The highest BCUT2D eigenvalue weighted by molar-refractivity contribution is 6.17. The lowest BCUT2D eigenvalue weighted by Crippen LogP contribution is -1.90. The molecule has 0 bridgehead atoms. The Balaban J connectivity index is 0.000000310. The average Bonchev–Trinajstić information content (AvgIpc) is 2.19. The monoisotopic (exact) mass is 200 g/mol. The Morgan fingerprint density at radius 3 is 2.31 bits per heavy atom. The van der Waals surface area contributed by atoms with Gasteiger partial charge in [-0.25, -0.2) is 0 Å². The molecule has 0 fully saturated rings. The van der Waals surface area contributed by atoms with Crippen molar-refractivity contribution in [3.8, 4) is 0 Å². The van der Waals surface area contributed by atoms with Crippen molar-refractivity contribution in [2.75, 3.05) is 18.2 Å². The Morgan fingerprint density at radius 2 is 2.00 bits per heavy atom. The van der Waals surface area contributed by atoms with Crippen LogP contribution in [0.25, 0.3) is 0 Å². The summed E-state index contributed by atoms with van der Waals surface area (Å²) in [5.74, 6) is 0.347. The van der Waals surface area contributed by atoms with Gasteiger partial charge in [-0.05, 0) is 6.07 Å². The Bertz CT molecular complexity index is 251. The van der Waals surface area contributed by atoms with Crippen LogP contribution in [0.3, 0.4) is 0 Å². The number of rotatable bonds is 2. The summed E-state index contributed by atoms with van der Waals surface area (Å²) in [4.78, 5) is 0. The van der Waals surface area contributed by atoms with Crippen LogP contribution in [0.1, 0.15) is 5.56 Å². The number of hydrogen-bond acceptors (Lipinski definition) is 3. The van der Waals surface area contributed by atoms with Crippen molar-refractivity contribution in [2.24, 2.45) is 0 Å². The number of aliphatic hydroxyl groups excluding tert-OH is 1. The van der Waals surface area contributed by atoms with Crippen LogP contribution in [0.4, 0.5) is 5.69 Å². The second-order valence-electron chi connectivity index (χ2n) is 2.19. The first kappa shape index (κ1) is 11.9. The molecule has 0 saturated heterocycles. The number of nitrogen functional groups attached to an aromatic ring is 1. The first-order valence-corrected chi connectivity index (χ1v) is 4.31. The lowest BCUT2D eigenvalue weighted by molar-refractivity contribution is 0.321. The molecule has 0 radical (unpaired) electrons. The summed E-state index contributed by atoms with van der Waals surface area (Å²) in [7, 11) is 0. The van der Waals surface area contributed by atoms with Crippen LogP contribution in [0, 0.1) is 5.41 Å². The zero-order valence-electron chi connectivity index (χ0n) is 7.20. The highest BCUT2D eigenvalue weighted by atomic mass is 35.5. The summed E-state index contributed by atoms with van der Waals surface area (Å²) in [5, 5.41) is 14.6. The molecule has 0 aliphatic heterocycles. The second-order valence-corrected chi connectivity index (χ2v) is 2.56. The summed E-state index contributed by atoms with van der Waals surface area (Å²) in [6.07, 6.45) is 1.25. The largest absolute Gasteiger partial charge is 0.398 e. The molecule has 4 heteroatoms. The van der Waals surface area contributed by atoms with E-state index in [-0.39, 0.29) is 6.61 Å². The van der Waals surface area contributed by atoms with Crippen LogP contribution in [0.5, 0.6) is 0 Å². The maximum Gasteiger partial charge on any atom is 0.0566 e. The number of nitrogens with one attached hydrogen (secondary N) is 1. The van der Waals surface area contributed by atoms with Gasteiger partial charge >= 0.3 is 0 Å². The fourth-order valence-corrected chi connectivity index (χ4v) is 0.642. The molecule has 1 aromatic rings. The Morgan fingerprint density at radius 1 is 1.46 bits per heavy atom. The van der Waals surface area contributed by atoms with Gasteiger partial charge in [0.25, 0.3) is 0 Å². The SMILES string of the molecule is N=Cc1ccccc1N.OCCCl. The highest BCUT2D eigenvalue weighted by Gasteiger charge is 1.88. The molecular weight excluding hydrogens is 188 g/mol. The lowest BCUT2D eigenvalue weighted by atomic mass is 10.2. The fourth-order valence-electron chi connectivity index (χ4n) is 0.642. The maximum absolute atomic E-state index is 7.74. The van der Waals surface area contributed by atoms with E-state index in [0.29, 0.717) is 11.6 Å². The van der Waals surface area contributed by atoms with Gasteiger partial charge in [0.05, 0.1) is 6.61 Å². The minimum atomic E-state index is 0.0849. The number of hydrogen-bond donors (Lipinski definition) is 3. The van der Waals surface area contributed by atoms with Crippen molar-refractivity contribution >= 4 is 23.5 Å². The summed E-state index contributed by atoms with van der Waals surface area (Å²) >= 11 is 4.94. The third-order valence-corrected chi connectivity index (χ3v) is 1.41. The van der Waals surface area contributed by atoms with Crippen molar-refractivity contribution in [3.05, 3.63) is 29.8 Å². The van der Waals surface area contributed by atoms with E-state index in [2.05, 4.69) is 0 Å². The van der Waals surface area contributed by atoms with Gasteiger partial charge in [-0.3, -0.25) is 0 Å². The first-order chi connectivity index (χ1) is 6.26. The Kier molecular flexibility index (Phi) is 6.96. The number of aliphatic hydroxyl groups is 1. The average molecular weight is 201 g/mol. The number of benzene rings is 1. The van der Waals surface area contributed by atoms with E-state index < -0.39 is 0 Å². The summed E-state index contributed by atoms with van der Waals surface area (Å²) in [6, 6.07) is 7.29. The number of anilines is 1. The molecule has 0 unspecified atom stereocenters. The van der Waals surface area contributed by atoms with Crippen LogP contribution in [0.15, 0.2) is 24.3 Å². The molecule has 4 N–H and O–H groups in total. The molecule has 0 saturated carbocycles. The van der Waals surface area contributed by atoms with Crippen molar-refractivity contribution < 1.29 is 5.11 Å². The molecule has 0 aromatic heterocycles. The van der Waals surface area contributed by atoms with Gasteiger partial charge in [-0.15, -0.1) is 11.6 Å². The number of halogens is 1. The van der Waals surface area contributed by atoms with Crippen molar-refractivity contribution in [1.29, 1.82) is 5.41 Å². The lowest BCUT2D eigenvalue weighted by Gasteiger charge is -1.94. The zero-order valence-corrected chi connectivity index (χ0v) is 7.96. The molecule has 13 heavy (non-hydrogen) atoms. The van der Waals surface area contributed by atoms with E-state index in [1.54, 1.807) is 6.07 Å². The topological polar surface area (TPSA) is 70.1 Å². The van der Waals surface area contributed by atoms with Crippen LogP contribution in [0.2, 0.25) is 0 Å². The number of para-hydroxylation sites is 1. The number of nitrogens with two attached hydrogens (primary N) is 1. The van der Waals surface area contributed by atoms with Gasteiger partial charge in [0, 0.05) is 23.3 Å². The van der Waals surface area contributed by atoms with Crippen LogP contribution in [-0.2, 0) is 0 Å². The molecule has 1 rings (SSSR count). The first-order valence-electron chi connectivity index (χ1n) is 3.78. The van der Waals surface area contributed by atoms with E-state index in [4.69, 9.17) is 27.9 Å².